The zero-order valence-electron chi connectivity index (χ0n) is 12.3. The van der Waals surface area contributed by atoms with Crippen molar-refractivity contribution in [2.24, 2.45) is 0 Å². The summed E-state index contributed by atoms with van der Waals surface area (Å²) in [7, 11) is 0. The lowest BCUT2D eigenvalue weighted by atomic mass is 10.1. The molecule has 0 fully saturated rings. The minimum Gasteiger partial charge on any atom is -0.427 e. The van der Waals surface area contributed by atoms with Crippen LogP contribution in [0.5, 0.6) is 11.5 Å². The Hall–Kier alpha value is -3.06. The van der Waals surface area contributed by atoms with Crippen LogP contribution in [0, 0.1) is 11.8 Å². The second-order valence-corrected chi connectivity index (χ2v) is 4.46. The molecule has 0 amide bonds. The topological polar surface area (TPSA) is 52.6 Å². The third-order valence-corrected chi connectivity index (χ3v) is 2.58. The molecule has 0 N–H and O–H groups in total. The van der Waals surface area contributed by atoms with E-state index in [1.807, 2.05) is 30.3 Å². The van der Waals surface area contributed by atoms with Gasteiger partial charge in [0.2, 0.25) is 0 Å². The maximum absolute atomic E-state index is 11.2. The van der Waals surface area contributed by atoms with Gasteiger partial charge in [-0.05, 0) is 24.3 Å². The van der Waals surface area contributed by atoms with Crippen LogP contribution in [0.15, 0.2) is 48.5 Å². The fourth-order valence-corrected chi connectivity index (χ4v) is 1.74. The summed E-state index contributed by atoms with van der Waals surface area (Å²) in [4.78, 5) is 22.2. The van der Waals surface area contributed by atoms with Crippen molar-refractivity contribution in [2.45, 2.75) is 13.8 Å². The molecule has 2 rings (SSSR count). The van der Waals surface area contributed by atoms with E-state index in [4.69, 9.17) is 9.47 Å². The third-order valence-electron chi connectivity index (χ3n) is 2.58. The van der Waals surface area contributed by atoms with Crippen molar-refractivity contribution in [1.29, 1.82) is 0 Å². The maximum atomic E-state index is 11.2. The normalized spacial score (nSPS) is 9.36. The Morgan fingerprint density at radius 3 is 2.18 bits per heavy atom. The van der Waals surface area contributed by atoms with Crippen LogP contribution >= 0.6 is 0 Å². The second-order valence-electron chi connectivity index (χ2n) is 4.46. The lowest BCUT2D eigenvalue weighted by Crippen LogP contribution is -2.05. The van der Waals surface area contributed by atoms with Crippen LogP contribution < -0.4 is 9.47 Å². The number of esters is 2. The minimum atomic E-state index is -0.470. The average Bonchev–Trinajstić information content (AvgIpc) is 2.46. The van der Waals surface area contributed by atoms with Gasteiger partial charge in [0, 0.05) is 25.5 Å². The van der Waals surface area contributed by atoms with Crippen molar-refractivity contribution in [1.82, 2.24) is 0 Å². The van der Waals surface area contributed by atoms with Crippen LogP contribution in [0.2, 0.25) is 0 Å². The maximum Gasteiger partial charge on any atom is 0.308 e. The molecule has 0 aliphatic heterocycles. The van der Waals surface area contributed by atoms with Gasteiger partial charge in [-0.25, -0.2) is 0 Å². The Morgan fingerprint density at radius 2 is 1.55 bits per heavy atom. The van der Waals surface area contributed by atoms with Crippen molar-refractivity contribution < 1.29 is 19.1 Å². The summed E-state index contributed by atoms with van der Waals surface area (Å²) in [6.45, 7) is 2.60. The van der Waals surface area contributed by atoms with E-state index in [9.17, 15) is 9.59 Å². The molecular formula is C18H14O4. The number of benzene rings is 2. The van der Waals surface area contributed by atoms with E-state index in [2.05, 4.69) is 11.8 Å². The van der Waals surface area contributed by atoms with Gasteiger partial charge in [0.05, 0.1) is 5.56 Å². The van der Waals surface area contributed by atoms with Crippen molar-refractivity contribution in [3.63, 3.8) is 0 Å². The van der Waals surface area contributed by atoms with Crippen LogP contribution in [0.3, 0.4) is 0 Å². The van der Waals surface area contributed by atoms with Gasteiger partial charge in [-0.1, -0.05) is 30.0 Å². The molecule has 0 bridgehead atoms. The van der Waals surface area contributed by atoms with E-state index < -0.39 is 11.9 Å². The molecule has 2 aromatic rings. The van der Waals surface area contributed by atoms with Gasteiger partial charge in [-0.2, -0.15) is 0 Å². The van der Waals surface area contributed by atoms with Crippen molar-refractivity contribution >= 4 is 11.9 Å². The van der Waals surface area contributed by atoms with Crippen LogP contribution in [-0.2, 0) is 9.59 Å². The number of ether oxygens (including phenoxy) is 2. The predicted molar refractivity (Wildman–Crippen MR) is 81.5 cm³/mol. The molecule has 0 heterocycles. The Bertz CT molecular complexity index is 752. The number of carbonyl (C=O) groups excluding carboxylic acids is 2. The first-order valence-electron chi connectivity index (χ1n) is 6.62. The summed E-state index contributed by atoms with van der Waals surface area (Å²) in [5.74, 6) is 5.58. The Kier molecular flexibility index (Phi) is 4.94. The Morgan fingerprint density at radius 1 is 0.864 bits per heavy atom. The highest BCUT2D eigenvalue weighted by atomic mass is 16.5. The lowest BCUT2D eigenvalue weighted by Gasteiger charge is -2.07. The smallest absolute Gasteiger partial charge is 0.308 e. The monoisotopic (exact) mass is 294 g/mol. The van der Waals surface area contributed by atoms with E-state index in [1.165, 1.54) is 19.9 Å². The van der Waals surface area contributed by atoms with E-state index in [1.54, 1.807) is 12.1 Å². The minimum absolute atomic E-state index is 0.259. The van der Waals surface area contributed by atoms with E-state index >= 15 is 0 Å². The molecule has 2 aromatic carbocycles. The summed E-state index contributed by atoms with van der Waals surface area (Å²) in [5.41, 5.74) is 1.38. The number of hydrogen-bond acceptors (Lipinski definition) is 4. The summed E-state index contributed by atoms with van der Waals surface area (Å²) < 4.78 is 10.1. The summed E-state index contributed by atoms with van der Waals surface area (Å²) >= 11 is 0. The Balaban J connectivity index is 2.35. The molecule has 0 spiro atoms. The van der Waals surface area contributed by atoms with Crippen LogP contribution in [-0.4, -0.2) is 11.9 Å². The van der Waals surface area contributed by atoms with Crippen molar-refractivity contribution in [2.75, 3.05) is 0 Å². The standard InChI is InChI=1S/C18H14O4/c1-13(19)21-17-11-10-16(18(12-17)22-14(2)20)9-8-15-6-4-3-5-7-15/h3-7,10-12H,1-2H3. The molecule has 0 unspecified atom stereocenters. The SMILES string of the molecule is CC(=O)Oc1ccc(C#Cc2ccccc2)c(OC(C)=O)c1. The fraction of sp³-hybridized carbons (Fsp3) is 0.111. The molecule has 0 aromatic heterocycles. The van der Waals surface area contributed by atoms with Gasteiger partial charge in [-0.15, -0.1) is 0 Å². The number of hydrogen-bond donors (Lipinski definition) is 0. The summed E-state index contributed by atoms with van der Waals surface area (Å²) in [6, 6.07) is 14.2. The first-order valence-corrected chi connectivity index (χ1v) is 6.62. The first kappa shape index (κ1) is 15.3. The zero-order valence-corrected chi connectivity index (χ0v) is 12.3. The molecule has 0 saturated carbocycles. The third kappa shape index (κ3) is 4.50. The molecule has 0 saturated heterocycles. The molecule has 4 nitrogen and oxygen atoms in total. The molecular weight excluding hydrogens is 280 g/mol. The van der Waals surface area contributed by atoms with Crippen molar-refractivity contribution in [3.05, 3.63) is 59.7 Å². The fourth-order valence-electron chi connectivity index (χ4n) is 1.74. The van der Waals surface area contributed by atoms with Crippen LogP contribution in [0.1, 0.15) is 25.0 Å². The van der Waals surface area contributed by atoms with E-state index in [-0.39, 0.29) is 5.75 Å². The summed E-state index contributed by atoms with van der Waals surface area (Å²) in [5, 5.41) is 0. The molecule has 0 radical (unpaired) electrons. The van der Waals surface area contributed by atoms with Gasteiger partial charge in [-0.3, -0.25) is 9.59 Å². The Labute approximate surface area is 128 Å². The van der Waals surface area contributed by atoms with Gasteiger partial charge >= 0.3 is 11.9 Å². The molecule has 22 heavy (non-hydrogen) atoms. The molecule has 110 valence electrons. The highest BCUT2D eigenvalue weighted by molar-refractivity contribution is 5.72. The average molecular weight is 294 g/mol. The quantitative estimate of drug-likeness (QED) is 0.485. The zero-order chi connectivity index (χ0) is 15.9. The second kappa shape index (κ2) is 7.09. The largest absolute Gasteiger partial charge is 0.427 e. The van der Waals surface area contributed by atoms with Gasteiger partial charge < -0.3 is 9.47 Å². The van der Waals surface area contributed by atoms with Crippen LogP contribution in [0.4, 0.5) is 0 Å². The lowest BCUT2D eigenvalue weighted by molar-refractivity contribution is -0.132. The van der Waals surface area contributed by atoms with Gasteiger partial charge in [0.15, 0.2) is 0 Å². The molecule has 0 aliphatic carbocycles. The van der Waals surface area contributed by atoms with Gasteiger partial charge in [0.25, 0.3) is 0 Å². The molecule has 4 heteroatoms. The highest BCUT2D eigenvalue weighted by Crippen LogP contribution is 2.25. The highest BCUT2D eigenvalue weighted by Gasteiger charge is 2.08. The predicted octanol–water partition coefficient (Wildman–Crippen LogP) is 2.94. The summed E-state index contributed by atoms with van der Waals surface area (Å²) in [6.07, 6.45) is 0. The number of rotatable bonds is 2. The van der Waals surface area contributed by atoms with Crippen molar-refractivity contribution in [3.8, 4) is 23.3 Å². The van der Waals surface area contributed by atoms with Gasteiger partial charge in [0.1, 0.15) is 11.5 Å². The molecule has 0 aliphatic rings. The van der Waals surface area contributed by atoms with E-state index in [0.29, 0.717) is 11.3 Å². The molecule has 0 atom stereocenters. The van der Waals surface area contributed by atoms with Crippen LogP contribution in [0.25, 0.3) is 0 Å². The number of carbonyl (C=O) groups is 2. The first-order chi connectivity index (χ1) is 10.5. The van der Waals surface area contributed by atoms with E-state index in [0.717, 1.165) is 5.56 Å².